The molecule has 2 N–H and O–H groups in total. The molecule has 0 aliphatic carbocycles. The van der Waals surface area contributed by atoms with E-state index < -0.39 is 11.6 Å². The molecule has 182 valence electrons. The summed E-state index contributed by atoms with van der Waals surface area (Å²) >= 11 is 0. The summed E-state index contributed by atoms with van der Waals surface area (Å²) in [7, 11) is 0. The summed E-state index contributed by atoms with van der Waals surface area (Å²) in [5.74, 6) is -1.26. The van der Waals surface area contributed by atoms with Gasteiger partial charge in [0.1, 0.15) is 17.2 Å². The molecule has 0 unspecified atom stereocenters. The van der Waals surface area contributed by atoms with E-state index in [4.69, 9.17) is 0 Å². The van der Waals surface area contributed by atoms with E-state index in [9.17, 15) is 9.18 Å². The standard InChI is InChI=1S/C26H28F2N6O/c1-15(2)33-8-9-34(16(3)35)25-21(27)11-18(12-23(25)33)24-22(28)14-30-26(32-24)31-20-5-4-17-6-7-29-13-19(17)10-20/h4-5,10-12,14-15,29H,6-9,13H2,1-3H3,(H,30,31,32). The molecule has 5 rings (SSSR count). The number of aromatic nitrogens is 2. The highest BCUT2D eigenvalue weighted by Gasteiger charge is 2.30. The molecule has 0 atom stereocenters. The van der Waals surface area contributed by atoms with E-state index in [2.05, 4.69) is 26.7 Å². The van der Waals surface area contributed by atoms with Crippen LogP contribution >= 0.6 is 0 Å². The SMILES string of the molecule is CC(=O)N1CCN(C(C)C)c2cc(-c3nc(Nc4ccc5c(c4)CNCC5)ncc3F)cc(F)c21. The predicted octanol–water partition coefficient (Wildman–Crippen LogP) is 4.39. The fourth-order valence-electron chi connectivity index (χ4n) is 4.82. The van der Waals surface area contributed by atoms with Gasteiger partial charge in [-0.15, -0.1) is 0 Å². The number of carbonyl (C=O) groups is 1. The van der Waals surface area contributed by atoms with Crippen molar-refractivity contribution in [2.45, 2.75) is 39.8 Å². The van der Waals surface area contributed by atoms with Gasteiger partial charge >= 0.3 is 0 Å². The Kier molecular flexibility index (Phi) is 6.10. The number of benzene rings is 2. The summed E-state index contributed by atoms with van der Waals surface area (Å²) in [6, 6.07) is 9.06. The molecule has 2 aliphatic heterocycles. The Labute approximate surface area is 203 Å². The Bertz CT molecular complexity index is 1300. The number of fused-ring (bicyclic) bond motifs is 2. The van der Waals surface area contributed by atoms with Crippen LogP contribution in [0.25, 0.3) is 11.3 Å². The highest BCUT2D eigenvalue weighted by molar-refractivity contribution is 5.97. The van der Waals surface area contributed by atoms with Crippen LogP contribution in [-0.2, 0) is 17.8 Å². The fraction of sp³-hybridized carbons (Fsp3) is 0.346. The largest absolute Gasteiger partial charge is 0.366 e. The van der Waals surface area contributed by atoms with Crippen molar-refractivity contribution in [3.63, 3.8) is 0 Å². The lowest BCUT2D eigenvalue weighted by atomic mass is 10.0. The molecule has 3 aromatic rings. The van der Waals surface area contributed by atoms with Crippen LogP contribution in [0, 0.1) is 11.6 Å². The number of amides is 1. The fourth-order valence-corrected chi connectivity index (χ4v) is 4.82. The zero-order valence-corrected chi connectivity index (χ0v) is 20.0. The first kappa shape index (κ1) is 23.2. The molecule has 0 saturated carbocycles. The lowest BCUT2D eigenvalue weighted by molar-refractivity contribution is -0.116. The lowest BCUT2D eigenvalue weighted by Gasteiger charge is -2.40. The Hall–Kier alpha value is -3.59. The summed E-state index contributed by atoms with van der Waals surface area (Å²) in [6.45, 7) is 8.11. The van der Waals surface area contributed by atoms with Crippen molar-refractivity contribution in [3.05, 3.63) is 59.3 Å². The van der Waals surface area contributed by atoms with E-state index in [1.54, 1.807) is 6.07 Å². The zero-order chi connectivity index (χ0) is 24.7. The van der Waals surface area contributed by atoms with Crippen molar-refractivity contribution in [2.24, 2.45) is 0 Å². The van der Waals surface area contributed by atoms with Gasteiger partial charge in [0.25, 0.3) is 0 Å². The molecule has 3 heterocycles. The quantitative estimate of drug-likeness (QED) is 0.580. The number of rotatable bonds is 4. The molecule has 0 bridgehead atoms. The van der Waals surface area contributed by atoms with Gasteiger partial charge in [0, 0.05) is 43.9 Å². The van der Waals surface area contributed by atoms with Crippen molar-refractivity contribution >= 4 is 28.9 Å². The monoisotopic (exact) mass is 478 g/mol. The summed E-state index contributed by atoms with van der Waals surface area (Å²) in [4.78, 5) is 24.1. The molecule has 9 heteroatoms. The smallest absolute Gasteiger partial charge is 0.227 e. The topological polar surface area (TPSA) is 73.4 Å². The van der Waals surface area contributed by atoms with Gasteiger partial charge < -0.3 is 20.4 Å². The van der Waals surface area contributed by atoms with Gasteiger partial charge in [-0.1, -0.05) is 6.07 Å². The van der Waals surface area contributed by atoms with Crippen LogP contribution < -0.4 is 20.4 Å². The van der Waals surface area contributed by atoms with Gasteiger partial charge in [-0.2, -0.15) is 0 Å². The van der Waals surface area contributed by atoms with E-state index in [0.29, 0.717) is 18.8 Å². The molecule has 7 nitrogen and oxygen atoms in total. The Morgan fingerprint density at radius 3 is 2.71 bits per heavy atom. The number of hydrogen-bond donors (Lipinski definition) is 2. The van der Waals surface area contributed by atoms with Crippen molar-refractivity contribution in [3.8, 4) is 11.3 Å². The predicted molar refractivity (Wildman–Crippen MR) is 133 cm³/mol. The number of nitrogens with one attached hydrogen (secondary N) is 2. The van der Waals surface area contributed by atoms with Gasteiger partial charge in [0.15, 0.2) is 5.82 Å². The van der Waals surface area contributed by atoms with E-state index in [-0.39, 0.29) is 34.8 Å². The van der Waals surface area contributed by atoms with Gasteiger partial charge in [0.2, 0.25) is 11.9 Å². The second-order valence-electron chi connectivity index (χ2n) is 9.21. The molecular weight excluding hydrogens is 450 g/mol. The van der Waals surface area contributed by atoms with Crippen LogP contribution in [0.3, 0.4) is 0 Å². The maximum atomic E-state index is 15.4. The van der Waals surface area contributed by atoms with Gasteiger partial charge in [-0.05, 0) is 62.2 Å². The molecule has 0 fully saturated rings. The first-order valence-corrected chi connectivity index (χ1v) is 11.8. The van der Waals surface area contributed by atoms with Gasteiger partial charge in [-0.3, -0.25) is 4.79 Å². The Morgan fingerprint density at radius 1 is 1.11 bits per heavy atom. The summed E-state index contributed by atoms with van der Waals surface area (Å²) < 4.78 is 30.3. The normalized spacial score (nSPS) is 15.1. The van der Waals surface area contributed by atoms with Crippen molar-refractivity contribution in [1.29, 1.82) is 0 Å². The second kappa shape index (κ2) is 9.22. The minimum atomic E-state index is -0.653. The third kappa shape index (κ3) is 4.43. The third-order valence-electron chi connectivity index (χ3n) is 6.56. The molecule has 2 aliphatic rings. The van der Waals surface area contributed by atoms with Crippen molar-refractivity contribution < 1.29 is 13.6 Å². The van der Waals surface area contributed by atoms with Crippen LogP contribution in [-0.4, -0.2) is 41.6 Å². The Morgan fingerprint density at radius 2 is 1.94 bits per heavy atom. The van der Waals surface area contributed by atoms with Gasteiger partial charge in [-0.25, -0.2) is 18.7 Å². The molecule has 0 saturated heterocycles. The molecule has 0 spiro atoms. The number of nitrogens with zero attached hydrogens (tertiary/aromatic N) is 4. The van der Waals surface area contributed by atoms with Crippen LogP contribution in [0.1, 0.15) is 31.9 Å². The molecule has 35 heavy (non-hydrogen) atoms. The summed E-state index contributed by atoms with van der Waals surface area (Å²) in [6.07, 6.45) is 2.06. The van der Waals surface area contributed by atoms with E-state index in [1.807, 2.05) is 30.9 Å². The van der Waals surface area contributed by atoms with E-state index in [1.165, 1.54) is 29.0 Å². The first-order chi connectivity index (χ1) is 16.8. The maximum absolute atomic E-state index is 15.4. The first-order valence-electron chi connectivity index (χ1n) is 11.8. The number of carbonyl (C=O) groups excluding carboxylic acids is 1. The van der Waals surface area contributed by atoms with Crippen molar-refractivity contribution in [1.82, 2.24) is 15.3 Å². The second-order valence-corrected chi connectivity index (χ2v) is 9.21. The highest BCUT2D eigenvalue weighted by Crippen LogP contribution is 2.40. The number of halogens is 2. The van der Waals surface area contributed by atoms with Crippen LogP contribution in [0.15, 0.2) is 36.5 Å². The third-order valence-corrected chi connectivity index (χ3v) is 6.56. The molecule has 0 radical (unpaired) electrons. The summed E-state index contributed by atoms with van der Waals surface area (Å²) in [5.41, 5.74) is 4.34. The van der Waals surface area contributed by atoms with Crippen molar-refractivity contribution in [2.75, 3.05) is 34.8 Å². The van der Waals surface area contributed by atoms with E-state index in [0.717, 1.165) is 31.4 Å². The minimum absolute atomic E-state index is 0.00696. The maximum Gasteiger partial charge on any atom is 0.227 e. The Balaban J connectivity index is 1.53. The molecule has 1 aromatic heterocycles. The van der Waals surface area contributed by atoms with Crippen LogP contribution in [0.4, 0.5) is 31.8 Å². The molecular formula is C26H28F2N6O. The molecule has 1 amide bonds. The van der Waals surface area contributed by atoms with Crippen LogP contribution in [0.5, 0.6) is 0 Å². The average Bonchev–Trinajstić information content (AvgIpc) is 2.84. The summed E-state index contributed by atoms with van der Waals surface area (Å²) in [5, 5.41) is 6.49. The number of anilines is 4. The highest BCUT2D eigenvalue weighted by atomic mass is 19.1. The lowest BCUT2D eigenvalue weighted by Crippen LogP contribution is -2.46. The van der Waals surface area contributed by atoms with Crippen LogP contribution in [0.2, 0.25) is 0 Å². The minimum Gasteiger partial charge on any atom is -0.366 e. The number of hydrogen-bond acceptors (Lipinski definition) is 6. The van der Waals surface area contributed by atoms with E-state index >= 15 is 4.39 Å². The average molecular weight is 479 g/mol. The van der Waals surface area contributed by atoms with Gasteiger partial charge in [0.05, 0.1) is 11.9 Å². The zero-order valence-electron chi connectivity index (χ0n) is 20.0. The molecule has 2 aromatic carbocycles.